The van der Waals surface area contributed by atoms with Crippen molar-refractivity contribution in [2.75, 3.05) is 0 Å². The Hall–Kier alpha value is 0.510. The van der Waals surface area contributed by atoms with E-state index < -0.39 is 60.6 Å². The Morgan fingerprint density at radius 1 is 1.14 bits per heavy atom. The van der Waals surface area contributed by atoms with Crippen molar-refractivity contribution in [1.29, 1.82) is 0 Å². The van der Waals surface area contributed by atoms with Crippen LogP contribution in [0.3, 0.4) is 0 Å². The fourth-order valence-corrected chi connectivity index (χ4v) is 5.31. The first kappa shape index (κ1) is 12.6. The van der Waals surface area contributed by atoms with Crippen molar-refractivity contribution >= 4 is 56.5 Å². The predicted molar refractivity (Wildman–Crippen MR) is 65.4 cm³/mol. The molecule has 1 saturated heterocycles. The number of rotatable bonds is 2. The smallest absolute Gasteiger partial charge is 0.373 e. The van der Waals surface area contributed by atoms with E-state index in [2.05, 4.69) is 13.8 Å². The quantitative estimate of drug-likeness (QED) is 0.182. The lowest BCUT2D eigenvalue weighted by molar-refractivity contribution is -0.301. The lowest BCUT2D eigenvalue weighted by atomic mass is 10.2. The first-order valence-electron chi connectivity index (χ1n) is 3.17. The molecule has 0 unspecified atom stereocenters. The number of hydrogen-bond donors (Lipinski definition) is 4. The summed E-state index contributed by atoms with van der Waals surface area (Å²) in [6.07, 6.45) is 0. The van der Waals surface area contributed by atoms with Crippen LogP contribution in [0.1, 0.15) is 0 Å². The van der Waals surface area contributed by atoms with Gasteiger partial charge in [0.15, 0.2) is 0 Å². The molecule has 1 heterocycles. The van der Waals surface area contributed by atoms with Crippen LogP contribution in [0.2, 0.25) is 0 Å². The Labute approximate surface area is 99.0 Å². The molecule has 0 aromatic heterocycles. The van der Waals surface area contributed by atoms with E-state index in [1.54, 1.807) is 0 Å². The molecule has 0 amide bonds. The van der Waals surface area contributed by atoms with E-state index in [1.165, 1.54) is 0 Å². The summed E-state index contributed by atoms with van der Waals surface area (Å²) in [6.45, 7) is 0. The predicted octanol–water partition coefficient (Wildman–Crippen LogP) is -1.64. The van der Waals surface area contributed by atoms with Gasteiger partial charge < -0.3 is 25.2 Å². The molecule has 1 aliphatic heterocycles. The van der Waals surface area contributed by atoms with Crippen molar-refractivity contribution in [2.24, 2.45) is 0 Å². The highest BCUT2D eigenvalue weighted by atomic mass is 127. The fourth-order valence-electron chi connectivity index (χ4n) is 1.02. The van der Waals surface area contributed by atoms with Gasteiger partial charge in [0.1, 0.15) is 0 Å². The standard InChI is InChI=1S/C6H8I2O6/c1-7-5(8-2)4(10,11)3(9)14-6(5,12)13/h10-13H,1-2H2. The van der Waals surface area contributed by atoms with Crippen LogP contribution in [0, 0.1) is 0 Å². The highest BCUT2D eigenvalue weighted by Gasteiger charge is 2.74. The molecule has 4 N–H and O–H groups in total. The number of ether oxygens (including phenoxy) is 1. The molecule has 0 atom stereocenters. The molecule has 0 bridgehead atoms. The van der Waals surface area contributed by atoms with Crippen LogP contribution < -0.4 is 0 Å². The molecule has 1 rings (SSSR count). The summed E-state index contributed by atoms with van der Waals surface area (Å²) in [4.78, 5) is 11.0. The van der Waals surface area contributed by atoms with Crippen LogP contribution in [0.25, 0.3) is 0 Å². The summed E-state index contributed by atoms with van der Waals surface area (Å²) in [5.41, 5.74) is 0. The first-order chi connectivity index (χ1) is 6.25. The van der Waals surface area contributed by atoms with Crippen LogP contribution in [0.5, 0.6) is 0 Å². The topological polar surface area (TPSA) is 107 Å². The number of halogens is 2. The van der Waals surface area contributed by atoms with E-state index >= 15 is 0 Å². The summed E-state index contributed by atoms with van der Waals surface area (Å²) in [7, 11) is 0. The molecule has 6 nitrogen and oxygen atoms in total. The Kier molecular flexibility index (Phi) is 3.16. The maximum Gasteiger partial charge on any atom is 0.373 e. The van der Waals surface area contributed by atoms with E-state index in [1.807, 2.05) is 0 Å². The Bertz CT molecular complexity index is 301. The van der Waals surface area contributed by atoms with Gasteiger partial charge in [0.2, 0.25) is 1.43 Å². The van der Waals surface area contributed by atoms with E-state index in [0.29, 0.717) is 0 Å². The second-order valence-electron chi connectivity index (χ2n) is 2.51. The summed E-state index contributed by atoms with van der Waals surface area (Å²) in [6, 6.07) is 0. The first-order valence-corrected chi connectivity index (χ1v) is 8.38. The minimum Gasteiger partial charge on any atom is -0.402 e. The second-order valence-corrected chi connectivity index (χ2v) is 9.34. The van der Waals surface area contributed by atoms with E-state index in [0.717, 1.165) is 0 Å². The summed E-state index contributed by atoms with van der Waals surface area (Å²) in [5, 5.41) is 37.6. The molecule has 1 fully saturated rings. The highest BCUT2D eigenvalue weighted by molar-refractivity contribution is 14.3. The Morgan fingerprint density at radius 3 is 1.71 bits per heavy atom. The van der Waals surface area contributed by atoms with E-state index in [9.17, 15) is 25.2 Å². The number of aliphatic hydroxyl groups is 4. The van der Waals surface area contributed by atoms with Crippen LogP contribution in [-0.4, -0.2) is 48.6 Å². The highest BCUT2D eigenvalue weighted by Crippen LogP contribution is 2.55. The molecule has 0 aromatic carbocycles. The largest absolute Gasteiger partial charge is 0.402 e. The zero-order valence-electron chi connectivity index (χ0n) is 6.78. The molecule has 1 aliphatic rings. The van der Waals surface area contributed by atoms with Gasteiger partial charge in [-0.15, -0.1) is 0 Å². The average Bonchev–Trinajstić information content (AvgIpc) is 2.17. The molecule has 0 saturated carbocycles. The second kappa shape index (κ2) is 3.52. The zero-order valence-corrected chi connectivity index (χ0v) is 11.1. The molecule has 8 heteroatoms. The maximum absolute atomic E-state index is 11.0. The van der Waals surface area contributed by atoms with Gasteiger partial charge in [-0.05, 0) is 0 Å². The minimum absolute atomic E-state index is 1.30. The number of esters is 1. The van der Waals surface area contributed by atoms with Crippen LogP contribution in [-0.2, 0) is 9.53 Å². The number of carbonyl (C=O) groups is 1. The molecule has 0 aromatic rings. The van der Waals surface area contributed by atoms with Crippen LogP contribution in [0.15, 0.2) is 0 Å². The number of alkyl halides is 2. The van der Waals surface area contributed by atoms with Gasteiger partial charge in [-0.3, -0.25) is 0 Å². The third kappa shape index (κ3) is 1.31. The van der Waals surface area contributed by atoms with Crippen molar-refractivity contribution in [1.82, 2.24) is 0 Å². The van der Waals surface area contributed by atoms with Gasteiger partial charge in [0.05, 0.1) is 0 Å². The molecular formula is C6H8I2O6. The van der Waals surface area contributed by atoms with Crippen molar-refractivity contribution in [3.8, 4) is 0 Å². The molecule has 0 radical (unpaired) electrons. The van der Waals surface area contributed by atoms with Crippen LogP contribution in [0.4, 0.5) is 0 Å². The van der Waals surface area contributed by atoms with Gasteiger partial charge >= 0.3 is 11.9 Å². The third-order valence-corrected chi connectivity index (χ3v) is 10.6. The molecule has 0 spiro atoms. The van der Waals surface area contributed by atoms with Gasteiger partial charge in [0, 0.05) is 0 Å². The number of cyclic esters (lactones) is 1. The zero-order chi connectivity index (χ0) is 11.2. The van der Waals surface area contributed by atoms with Crippen molar-refractivity contribution < 1.29 is 30.0 Å². The Morgan fingerprint density at radius 2 is 1.57 bits per heavy atom. The normalized spacial score (nSPS) is 27.3. The van der Waals surface area contributed by atoms with Crippen LogP contribution >= 0.6 is 41.5 Å². The van der Waals surface area contributed by atoms with Crippen molar-refractivity contribution in [3.63, 3.8) is 0 Å². The average molecular weight is 430 g/mol. The summed E-state index contributed by atoms with van der Waals surface area (Å²) >= 11 is -2.60. The number of carbonyl (C=O) groups excluding carboxylic acids is 1. The monoisotopic (exact) mass is 430 g/mol. The maximum atomic E-state index is 11.0. The molecule has 14 heavy (non-hydrogen) atoms. The van der Waals surface area contributed by atoms with Crippen molar-refractivity contribution in [3.05, 3.63) is 0 Å². The van der Waals surface area contributed by atoms with Gasteiger partial charge in [-0.25, -0.2) is 4.79 Å². The number of hydrogen-bond acceptors (Lipinski definition) is 6. The molecular weight excluding hydrogens is 422 g/mol. The van der Waals surface area contributed by atoms with E-state index in [4.69, 9.17) is 0 Å². The summed E-state index contributed by atoms with van der Waals surface area (Å²) < 4.78 is 9.22. The lowest BCUT2D eigenvalue weighted by Crippen LogP contribution is -2.55. The van der Waals surface area contributed by atoms with Gasteiger partial charge in [-0.1, -0.05) is 50.5 Å². The van der Waals surface area contributed by atoms with Gasteiger partial charge in [-0.2, -0.15) is 0 Å². The molecule has 82 valence electrons. The summed E-state index contributed by atoms with van der Waals surface area (Å²) in [5.74, 6) is -7.22. The van der Waals surface area contributed by atoms with E-state index in [-0.39, 0.29) is 0 Å². The third-order valence-electron chi connectivity index (χ3n) is 1.73. The Balaban J connectivity index is 3.43. The van der Waals surface area contributed by atoms with Gasteiger partial charge in [0.25, 0.3) is 5.79 Å². The molecule has 0 aliphatic carbocycles. The minimum atomic E-state index is -2.89. The van der Waals surface area contributed by atoms with Crippen molar-refractivity contribution in [2.45, 2.75) is 13.2 Å². The fraction of sp³-hybridized carbons (Fsp3) is 0.500. The lowest BCUT2D eigenvalue weighted by Gasteiger charge is -2.31. The SMILES string of the molecule is C=IC1(I=C)C(O)(O)OC(=O)C1(O)O.